The normalized spacial score (nSPS) is 12.8. The Morgan fingerprint density at radius 2 is 1.95 bits per heavy atom. The molecule has 0 bridgehead atoms. The van der Waals surface area contributed by atoms with Crippen LogP contribution in [0.4, 0.5) is 0 Å². The summed E-state index contributed by atoms with van der Waals surface area (Å²) < 4.78 is 0. The largest absolute Gasteiger partial charge is 0.481 e. The monoisotopic (exact) mass is 297 g/mol. The molecule has 2 N–H and O–H groups in total. The summed E-state index contributed by atoms with van der Waals surface area (Å²) in [6.45, 7) is 7.51. The summed E-state index contributed by atoms with van der Waals surface area (Å²) in [5, 5.41) is 12.3. The van der Waals surface area contributed by atoms with Crippen LogP contribution in [-0.4, -0.2) is 23.0 Å². The zero-order valence-corrected chi connectivity index (χ0v) is 12.9. The summed E-state index contributed by atoms with van der Waals surface area (Å²) in [6, 6.07) is 4.54. The van der Waals surface area contributed by atoms with E-state index in [1.54, 1.807) is 18.2 Å². The molecule has 20 heavy (non-hydrogen) atoms. The first kappa shape index (κ1) is 16.5. The van der Waals surface area contributed by atoms with Crippen molar-refractivity contribution in [2.24, 2.45) is 5.41 Å². The van der Waals surface area contributed by atoms with E-state index in [1.807, 2.05) is 27.7 Å². The first-order valence-electron chi connectivity index (χ1n) is 6.40. The molecular weight excluding hydrogens is 278 g/mol. The lowest BCUT2D eigenvalue weighted by Gasteiger charge is -2.30. The van der Waals surface area contributed by atoms with E-state index in [0.29, 0.717) is 10.6 Å². The fourth-order valence-electron chi connectivity index (χ4n) is 1.78. The van der Waals surface area contributed by atoms with Crippen molar-refractivity contribution in [3.05, 3.63) is 34.3 Å². The maximum absolute atomic E-state index is 12.2. The molecular formula is C15H20ClNO3. The van der Waals surface area contributed by atoms with Crippen LogP contribution in [-0.2, 0) is 4.79 Å². The van der Waals surface area contributed by atoms with Crippen LogP contribution in [0, 0.1) is 12.3 Å². The Morgan fingerprint density at radius 1 is 1.35 bits per heavy atom. The number of aliphatic carboxylic acids is 1. The second kappa shape index (κ2) is 6.27. The van der Waals surface area contributed by atoms with Gasteiger partial charge in [-0.05, 0) is 36.1 Å². The second-order valence-corrected chi connectivity index (χ2v) is 6.36. The Hall–Kier alpha value is -1.55. The zero-order chi connectivity index (χ0) is 15.5. The molecule has 0 fully saturated rings. The van der Waals surface area contributed by atoms with Crippen molar-refractivity contribution >= 4 is 23.5 Å². The molecule has 0 saturated carbocycles. The van der Waals surface area contributed by atoms with Gasteiger partial charge in [-0.3, -0.25) is 9.59 Å². The van der Waals surface area contributed by atoms with Gasteiger partial charge < -0.3 is 10.4 Å². The molecule has 0 saturated heterocycles. The molecule has 1 unspecified atom stereocenters. The van der Waals surface area contributed by atoms with Crippen LogP contribution in [0.15, 0.2) is 18.2 Å². The highest BCUT2D eigenvalue weighted by Gasteiger charge is 2.28. The summed E-state index contributed by atoms with van der Waals surface area (Å²) in [5.41, 5.74) is 0.951. The summed E-state index contributed by atoms with van der Waals surface area (Å²) in [6.07, 6.45) is -0.109. The van der Waals surface area contributed by atoms with Gasteiger partial charge in [-0.15, -0.1) is 0 Å². The number of aryl methyl sites for hydroxylation is 1. The van der Waals surface area contributed by atoms with Crippen molar-refractivity contribution in [2.45, 2.75) is 40.2 Å². The Bertz CT molecular complexity index is 520. The van der Waals surface area contributed by atoms with Crippen LogP contribution < -0.4 is 5.32 Å². The van der Waals surface area contributed by atoms with Gasteiger partial charge in [0.2, 0.25) is 0 Å². The molecule has 1 rings (SSSR count). The van der Waals surface area contributed by atoms with Crippen molar-refractivity contribution in [3.8, 4) is 0 Å². The average Bonchev–Trinajstić information content (AvgIpc) is 2.30. The van der Waals surface area contributed by atoms with Crippen molar-refractivity contribution in [2.75, 3.05) is 0 Å². The van der Waals surface area contributed by atoms with Crippen molar-refractivity contribution in [1.82, 2.24) is 5.32 Å². The fraction of sp³-hybridized carbons (Fsp3) is 0.467. The number of carboxylic acids is 1. The summed E-state index contributed by atoms with van der Waals surface area (Å²) in [7, 11) is 0. The summed E-state index contributed by atoms with van der Waals surface area (Å²) in [4.78, 5) is 23.1. The highest BCUT2D eigenvalue weighted by atomic mass is 35.5. The van der Waals surface area contributed by atoms with Gasteiger partial charge in [0.1, 0.15) is 0 Å². The van der Waals surface area contributed by atoms with Gasteiger partial charge in [-0.1, -0.05) is 32.4 Å². The third-order valence-electron chi connectivity index (χ3n) is 3.15. The van der Waals surface area contributed by atoms with E-state index in [0.717, 1.165) is 5.56 Å². The first-order valence-corrected chi connectivity index (χ1v) is 6.78. The molecule has 0 spiro atoms. The molecule has 0 radical (unpaired) electrons. The van der Waals surface area contributed by atoms with E-state index in [1.165, 1.54) is 0 Å². The third kappa shape index (κ3) is 4.53. The second-order valence-electron chi connectivity index (χ2n) is 5.95. The van der Waals surface area contributed by atoms with Gasteiger partial charge in [0.25, 0.3) is 5.91 Å². The fourth-order valence-corrected chi connectivity index (χ4v) is 1.89. The molecule has 1 atom stereocenters. The number of carboxylic acid groups (broad SMARTS) is 1. The molecule has 0 aliphatic carbocycles. The number of amides is 1. The van der Waals surface area contributed by atoms with Crippen LogP contribution in [0.5, 0.6) is 0 Å². The number of benzene rings is 1. The van der Waals surface area contributed by atoms with Gasteiger partial charge in [-0.25, -0.2) is 0 Å². The highest BCUT2D eigenvalue weighted by Crippen LogP contribution is 2.23. The van der Waals surface area contributed by atoms with Crippen LogP contribution >= 0.6 is 11.6 Å². The van der Waals surface area contributed by atoms with Gasteiger partial charge in [0, 0.05) is 16.6 Å². The number of hydrogen-bond acceptors (Lipinski definition) is 2. The molecule has 1 amide bonds. The maximum Gasteiger partial charge on any atom is 0.305 e. The first-order chi connectivity index (χ1) is 9.11. The summed E-state index contributed by atoms with van der Waals surface area (Å²) >= 11 is 5.92. The number of carbonyl (C=O) groups is 2. The van der Waals surface area contributed by atoms with E-state index in [9.17, 15) is 9.59 Å². The number of carbonyl (C=O) groups excluding carboxylic acids is 1. The number of halogens is 1. The minimum atomic E-state index is -0.933. The maximum atomic E-state index is 12.2. The van der Waals surface area contributed by atoms with E-state index >= 15 is 0 Å². The molecule has 1 aromatic rings. The SMILES string of the molecule is Cc1cc(C(=O)NC(CC(=O)O)C(C)(C)C)ccc1Cl. The van der Waals surface area contributed by atoms with Gasteiger partial charge in [-0.2, -0.15) is 0 Å². The van der Waals surface area contributed by atoms with Crippen LogP contribution in [0.3, 0.4) is 0 Å². The molecule has 5 heteroatoms. The Labute approximate surface area is 124 Å². The van der Waals surface area contributed by atoms with Gasteiger partial charge in [0.05, 0.1) is 6.42 Å². The van der Waals surface area contributed by atoms with Crippen molar-refractivity contribution in [3.63, 3.8) is 0 Å². The molecule has 110 valence electrons. The molecule has 0 aliphatic rings. The molecule has 0 heterocycles. The van der Waals surface area contributed by atoms with E-state index < -0.39 is 12.0 Å². The zero-order valence-electron chi connectivity index (χ0n) is 12.2. The number of nitrogens with one attached hydrogen (secondary N) is 1. The lowest BCUT2D eigenvalue weighted by atomic mass is 9.84. The van der Waals surface area contributed by atoms with Gasteiger partial charge in [0.15, 0.2) is 0 Å². The predicted octanol–water partition coefficient (Wildman–Crippen LogP) is 3.27. The minimum absolute atomic E-state index is 0.109. The average molecular weight is 298 g/mol. The van der Waals surface area contributed by atoms with Crippen LogP contribution in [0.1, 0.15) is 43.1 Å². The highest BCUT2D eigenvalue weighted by molar-refractivity contribution is 6.31. The quantitative estimate of drug-likeness (QED) is 0.896. The number of rotatable bonds is 4. The smallest absolute Gasteiger partial charge is 0.305 e. The Kier molecular flexibility index (Phi) is 5.17. The van der Waals surface area contributed by atoms with Crippen LogP contribution in [0.25, 0.3) is 0 Å². The minimum Gasteiger partial charge on any atom is -0.481 e. The van der Waals surface area contributed by atoms with E-state index in [2.05, 4.69) is 5.32 Å². The standard InChI is InChI=1S/C15H20ClNO3/c1-9-7-10(5-6-11(9)16)14(20)17-12(8-13(18)19)15(2,3)4/h5-7,12H,8H2,1-4H3,(H,17,20)(H,18,19). The van der Waals surface area contributed by atoms with Crippen LogP contribution in [0.2, 0.25) is 5.02 Å². The van der Waals surface area contributed by atoms with Crippen molar-refractivity contribution in [1.29, 1.82) is 0 Å². The van der Waals surface area contributed by atoms with E-state index in [4.69, 9.17) is 16.7 Å². The lowest BCUT2D eigenvalue weighted by Crippen LogP contribution is -2.45. The van der Waals surface area contributed by atoms with Gasteiger partial charge >= 0.3 is 5.97 Å². The Balaban J connectivity index is 2.90. The third-order valence-corrected chi connectivity index (χ3v) is 3.57. The number of hydrogen-bond donors (Lipinski definition) is 2. The van der Waals surface area contributed by atoms with Crippen molar-refractivity contribution < 1.29 is 14.7 Å². The Morgan fingerprint density at radius 3 is 2.40 bits per heavy atom. The topological polar surface area (TPSA) is 66.4 Å². The summed E-state index contributed by atoms with van der Waals surface area (Å²) in [5.74, 6) is -1.22. The molecule has 0 aliphatic heterocycles. The predicted molar refractivity (Wildman–Crippen MR) is 79.2 cm³/mol. The lowest BCUT2D eigenvalue weighted by molar-refractivity contribution is -0.138. The molecule has 0 aromatic heterocycles. The van der Waals surface area contributed by atoms with E-state index in [-0.39, 0.29) is 17.7 Å². The molecule has 1 aromatic carbocycles. The molecule has 4 nitrogen and oxygen atoms in total.